The van der Waals surface area contributed by atoms with Crippen molar-refractivity contribution in [1.82, 2.24) is 10.2 Å². The third-order valence-corrected chi connectivity index (χ3v) is 4.05. The van der Waals surface area contributed by atoms with Crippen LogP contribution in [-0.2, 0) is 16.1 Å². The molecule has 1 aliphatic carbocycles. The maximum Gasteiger partial charge on any atom is 0.249 e. The topological polar surface area (TPSA) is 41.6 Å². The van der Waals surface area contributed by atoms with Crippen LogP contribution < -0.4 is 5.32 Å². The lowest BCUT2D eigenvalue weighted by atomic mass is 10.0. The van der Waals surface area contributed by atoms with Gasteiger partial charge in [-0.15, -0.1) is 0 Å². The predicted molar refractivity (Wildman–Crippen MR) is 77.2 cm³/mol. The van der Waals surface area contributed by atoms with E-state index in [4.69, 9.17) is 4.74 Å². The van der Waals surface area contributed by atoms with Crippen molar-refractivity contribution < 1.29 is 9.53 Å². The average molecular weight is 274 g/mol. The van der Waals surface area contributed by atoms with Gasteiger partial charge in [-0.05, 0) is 25.3 Å². The second-order valence-corrected chi connectivity index (χ2v) is 6.08. The fraction of sp³-hybridized carbons (Fsp3) is 0.562. The van der Waals surface area contributed by atoms with Crippen molar-refractivity contribution in [3.63, 3.8) is 0 Å². The minimum absolute atomic E-state index is 0.115. The van der Waals surface area contributed by atoms with E-state index in [-0.39, 0.29) is 18.1 Å². The van der Waals surface area contributed by atoms with E-state index in [2.05, 4.69) is 24.4 Å². The summed E-state index contributed by atoms with van der Waals surface area (Å²) >= 11 is 0. The summed E-state index contributed by atoms with van der Waals surface area (Å²) in [6.07, 6.45) is 2.24. The highest BCUT2D eigenvalue weighted by molar-refractivity contribution is 5.78. The summed E-state index contributed by atoms with van der Waals surface area (Å²) in [4.78, 5) is 14.4. The predicted octanol–water partition coefficient (Wildman–Crippen LogP) is 1.56. The lowest BCUT2D eigenvalue weighted by molar-refractivity contribution is -0.147. The molecule has 1 N–H and O–H groups in total. The zero-order valence-corrected chi connectivity index (χ0v) is 12.0. The van der Waals surface area contributed by atoms with Crippen molar-refractivity contribution in [3.05, 3.63) is 35.9 Å². The number of amides is 1. The number of hydrogen-bond acceptors (Lipinski definition) is 3. The van der Waals surface area contributed by atoms with E-state index in [9.17, 15) is 4.79 Å². The molecule has 108 valence electrons. The highest BCUT2D eigenvalue weighted by Gasteiger charge is 2.36. The van der Waals surface area contributed by atoms with E-state index in [1.165, 1.54) is 5.56 Å². The molecule has 1 saturated carbocycles. The summed E-state index contributed by atoms with van der Waals surface area (Å²) in [7, 11) is 0. The number of nitrogens with one attached hydrogen (secondary N) is 1. The Kier molecular flexibility index (Phi) is 3.76. The Morgan fingerprint density at radius 3 is 2.60 bits per heavy atom. The molecule has 4 nitrogen and oxygen atoms in total. The Balaban J connectivity index is 1.57. The molecular weight excluding hydrogens is 252 g/mol. The highest BCUT2D eigenvalue weighted by atomic mass is 16.5. The zero-order chi connectivity index (χ0) is 14.0. The summed E-state index contributed by atoms with van der Waals surface area (Å²) in [5.74, 6) is 0.115. The van der Waals surface area contributed by atoms with Crippen molar-refractivity contribution in [2.45, 2.75) is 38.0 Å². The molecule has 1 aromatic rings. The normalized spacial score (nSPS) is 20.2. The summed E-state index contributed by atoms with van der Waals surface area (Å²) < 4.78 is 5.77. The van der Waals surface area contributed by atoms with Crippen molar-refractivity contribution in [2.24, 2.45) is 0 Å². The molecule has 1 heterocycles. The first-order valence-electron chi connectivity index (χ1n) is 7.34. The standard InChI is InChI=1S/C16H22N2O2/c1-16(11-17-12-16)20-10-15(19)18(14-7-8-14)9-13-5-3-2-4-6-13/h2-6,14,17H,7-12H2,1H3. The van der Waals surface area contributed by atoms with E-state index in [1.807, 2.05) is 23.1 Å². The van der Waals surface area contributed by atoms with Crippen LogP contribution in [0.5, 0.6) is 0 Å². The minimum Gasteiger partial charge on any atom is -0.363 e. The van der Waals surface area contributed by atoms with Gasteiger partial charge >= 0.3 is 0 Å². The fourth-order valence-electron chi connectivity index (χ4n) is 2.49. The van der Waals surface area contributed by atoms with Gasteiger partial charge in [0.05, 0.1) is 5.60 Å². The fourth-order valence-corrected chi connectivity index (χ4v) is 2.49. The zero-order valence-electron chi connectivity index (χ0n) is 12.0. The van der Waals surface area contributed by atoms with Crippen molar-refractivity contribution in [1.29, 1.82) is 0 Å². The van der Waals surface area contributed by atoms with Gasteiger partial charge in [0.25, 0.3) is 0 Å². The molecule has 4 heteroatoms. The van der Waals surface area contributed by atoms with Crippen LogP contribution in [0.4, 0.5) is 0 Å². The van der Waals surface area contributed by atoms with Crippen LogP contribution in [-0.4, -0.2) is 42.1 Å². The molecule has 0 aromatic heterocycles. The first-order chi connectivity index (χ1) is 9.66. The van der Waals surface area contributed by atoms with Gasteiger partial charge in [0.2, 0.25) is 5.91 Å². The Morgan fingerprint density at radius 1 is 1.35 bits per heavy atom. The SMILES string of the molecule is CC1(OCC(=O)N(Cc2ccccc2)C2CC2)CNC1. The first-order valence-corrected chi connectivity index (χ1v) is 7.34. The molecule has 3 rings (SSSR count). The van der Waals surface area contributed by atoms with Gasteiger partial charge in [0.15, 0.2) is 0 Å². The van der Waals surface area contributed by atoms with Crippen molar-refractivity contribution in [3.8, 4) is 0 Å². The van der Waals surface area contributed by atoms with Crippen LogP contribution in [0, 0.1) is 0 Å². The summed E-state index contributed by atoms with van der Waals surface area (Å²) in [6, 6.07) is 10.6. The van der Waals surface area contributed by atoms with Gasteiger partial charge in [0, 0.05) is 25.7 Å². The maximum atomic E-state index is 12.4. The van der Waals surface area contributed by atoms with Crippen LogP contribution in [0.1, 0.15) is 25.3 Å². The number of hydrogen-bond donors (Lipinski definition) is 1. The number of rotatable bonds is 6. The van der Waals surface area contributed by atoms with Gasteiger partial charge in [-0.2, -0.15) is 0 Å². The van der Waals surface area contributed by atoms with Gasteiger partial charge in [-0.3, -0.25) is 4.79 Å². The van der Waals surface area contributed by atoms with E-state index in [0.29, 0.717) is 12.6 Å². The molecule has 0 unspecified atom stereocenters. The van der Waals surface area contributed by atoms with Crippen LogP contribution in [0.3, 0.4) is 0 Å². The Bertz CT molecular complexity index is 467. The average Bonchev–Trinajstić information content (AvgIpc) is 3.26. The van der Waals surface area contributed by atoms with E-state index < -0.39 is 0 Å². The number of carbonyl (C=O) groups is 1. The third-order valence-electron chi connectivity index (χ3n) is 4.05. The number of ether oxygens (including phenoxy) is 1. The molecule has 1 aliphatic heterocycles. The van der Waals surface area contributed by atoms with Crippen LogP contribution in [0.15, 0.2) is 30.3 Å². The molecule has 2 aliphatic rings. The Hall–Kier alpha value is -1.39. The van der Waals surface area contributed by atoms with Gasteiger partial charge in [-0.25, -0.2) is 0 Å². The Morgan fingerprint density at radius 2 is 2.05 bits per heavy atom. The molecule has 1 amide bonds. The quantitative estimate of drug-likeness (QED) is 0.856. The molecule has 1 saturated heterocycles. The Labute approximate surface area is 120 Å². The lowest BCUT2D eigenvalue weighted by Crippen LogP contribution is -2.59. The maximum absolute atomic E-state index is 12.4. The molecular formula is C16H22N2O2. The second-order valence-electron chi connectivity index (χ2n) is 6.08. The molecule has 1 aromatic carbocycles. The molecule has 0 spiro atoms. The van der Waals surface area contributed by atoms with E-state index in [0.717, 1.165) is 25.9 Å². The van der Waals surface area contributed by atoms with Crippen LogP contribution >= 0.6 is 0 Å². The molecule has 20 heavy (non-hydrogen) atoms. The van der Waals surface area contributed by atoms with Gasteiger partial charge < -0.3 is 15.0 Å². The van der Waals surface area contributed by atoms with Crippen LogP contribution in [0.2, 0.25) is 0 Å². The van der Waals surface area contributed by atoms with Crippen LogP contribution in [0.25, 0.3) is 0 Å². The highest BCUT2D eigenvalue weighted by Crippen LogP contribution is 2.29. The molecule has 2 fully saturated rings. The largest absolute Gasteiger partial charge is 0.363 e. The molecule has 0 bridgehead atoms. The lowest BCUT2D eigenvalue weighted by Gasteiger charge is -2.39. The molecule has 0 atom stereocenters. The van der Waals surface area contributed by atoms with Crippen molar-refractivity contribution >= 4 is 5.91 Å². The monoisotopic (exact) mass is 274 g/mol. The van der Waals surface area contributed by atoms with Crippen molar-refractivity contribution in [2.75, 3.05) is 19.7 Å². The van der Waals surface area contributed by atoms with E-state index >= 15 is 0 Å². The van der Waals surface area contributed by atoms with E-state index in [1.54, 1.807) is 0 Å². The minimum atomic E-state index is -0.155. The second kappa shape index (κ2) is 5.54. The smallest absolute Gasteiger partial charge is 0.249 e. The number of benzene rings is 1. The number of carbonyl (C=O) groups excluding carboxylic acids is 1. The summed E-state index contributed by atoms with van der Waals surface area (Å²) in [5, 5.41) is 3.18. The number of nitrogens with zero attached hydrogens (tertiary/aromatic N) is 1. The third kappa shape index (κ3) is 3.19. The summed E-state index contributed by atoms with van der Waals surface area (Å²) in [5.41, 5.74) is 1.03. The first kappa shape index (κ1) is 13.6. The van der Waals surface area contributed by atoms with Gasteiger partial charge in [-0.1, -0.05) is 30.3 Å². The summed E-state index contributed by atoms with van der Waals surface area (Å²) in [6.45, 7) is 4.62. The van der Waals surface area contributed by atoms with Gasteiger partial charge in [0.1, 0.15) is 6.61 Å². The molecule has 0 radical (unpaired) electrons.